The third kappa shape index (κ3) is 2.25. The van der Waals surface area contributed by atoms with E-state index in [1.165, 1.54) is 31.6 Å². The molecule has 4 rings (SSSR count). The number of para-hydroxylation sites is 1. The molecule has 3 aliphatic rings. The fourth-order valence-corrected chi connectivity index (χ4v) is 6.41. The van der Waals surface area contributed by atoms with Crippen molar-refractivity contribution in [3.63, 3.8) is 0 Å². The van der Waals surface area contributed by atoms with Crippen LogP contribution in [-0.4, -0.2) is 54.8 Å². The summed E-state index contributed by atoms with van der Waals surface area (Å²) in [6, 6.07) is 11.7. The summed E-state index contributed by atoms with van der Waals surface area (Å²) in [4.78, 5) is 0. The number of benzene rings is 1. The van der Waals surface area contributed by atoms with Gasteiger partial charge in [0.1, 0.15) is 8.37 Å². The van der Waals surface area contributed by atoms with Crippen molar-refractivity contribution in [1.29, 1.82) is 0 Å². The zero-order valence-electron chi connectivity index (χ0n) is 11.8. The van der Waals surface area contributed by atoms with Crippen LogP contribution in [0.4, 0.5) is 5.69 Å². The lowest BCUT2D eigenvalue weighted by Crippen LogP contribution is -2.38. The monoisotopic (exact) mass is 291 g/mol. The van der Waals surface area contributed by atoms with Gasteiger partial charge in [-0.1, -0.05) is 18.2 Å². The van der Waals surface area contributed by atoms with Crippen LogP contribution in [0.2, 0.25) is 0 Å². The number of anilines is 1. The van der Waals surface area contributed by atoms with Gasteiger partial charge in [-0.05, 0) is 25.0 Å². The Bertz CT molecular complexity index is 452. The molecule has 4 nitrogen and oxygen atoms in total. The van der Waals surface area contributed by atoms with Gasteiger partial charge >= 0.3 is 0 Å². The van der Waals surface area contributed by atoms with Gasteiger partial charge in [0.2, 0.25) is 0 Å². The van der Waals surface area contributed by atoms with Crippen LogP contribution < -0.4 is 4.67 Å². The van der Waals surface area contributed by atoms with E-state index < -0.39 is 0 Å². The quantitative estimate of drug-likeness (QED) is 0.779. The molecule has 0 N–H and O–H groups in total. The maximum absolute atomic E-state index is 5.54. The average Bonchev–Trinajstić information content (AvgIpc) is 3.09. The molecular weight excluding hydrogens is 269 g/mol. The van der Waals surface area contributed by atoms with Crippen molar-refractivity contribution in [2.45, 2.75) is 18.9 Å². The first-order valence-corrected chi connectivity index (χ1v) is 8.85. The maximum Gasteiger partial charge on any atom is 0.149 e. The van der Waals surface area contributed by atoms with Crippen molar-refractivity contribution in [2.24, 2.45) is 0 Å². The first-order valence-electron chi connectivity index (χ1n) is 7.65. The second-order valence-electron chi connectivity index (χ2n) is 5.71. The third-order valence-electron chi connectivity index (χ3n) is 4.47. The number of nitrogens with zero attached hydrogens (tertiary/aromatic N) is 3. The van der Waals surface area contributed by atoms with E-state index >= 15 is 0 Å². The van der Waals surface area contributed by atoms with Gasteiger partial charge in [-0.2, -0.15) is 0 Å². The fraction of sp³-hybridized carbons (Fsp3) is 0.600. The minimum absolute atomic E-state index is 0.323. The van der Waals surface area contributed by atoms with Crippen LogP contribution in [0.15, 0.2) is 30.3 Å². The van der Waals surface area contributed by atoms with Crippen LogP contribution in [0.25, 0.3) is 0 Å². The van der Waals surface area contributed by atoms with Crippen LogP contribution in [0.1, 0.15) is 12.8 Å². The van der Waals surface area contributed by atoms with E-state index in [0.717, 1.165) is 32.3 Å². The first-order chi connectivity index (χ1) is 9.93. The summed E-state index contributed by atoms with van der Waals surface area (Å²) >= 11 is 0. The summed E-state index contributed by atoms with van der Waals surface area (Å²) in [6.07, 6.45) is 2.74. The average molecular weight is 291 g/mol. The van der Waals surface area contributed by atoms with Crippen molar-refractivity contribution in [1.82, 2.24) is 9.34 Å². The second-order valence-corrected chi connectivity index (χ2v) is 7.81. The molecule has 0 spiro atoms. The topological polar surface area (TPSA) is 19.0 Å². The van der Waals surface area contributed by atoms with Crippen molar-refractivity contribution < 1.29 is 4.74 Å². The Kier molecular flexibility index (Phi) is 3.65. The Morgan fingerprint density at radius 1 is 1.05 bits per heavy atom. The second kappa shape index (κ2) is 5.61. The molecule has 0 amide bonds. The van der Waals surface area contributed by atoms with E-state index in [1.54, 1.807) is 0 Å². The molecule has 1 aromatic carbocycles. The summed E-state index contributed by atoms with van der Waals surface area (Å²) in [5.41, 5.74) is 1.39. The number of hydrogen-bond acceptors (Lipinski definition) is 4. The number of ether oxygens (including phenoxy) is 1. The standard InChI is InChI=1S/C15H22N3OP/c1-2-5-14(6-3-1)18-13-15-7-4-8-17(15)20(18)16-9-11-19-12-10-16/h1-3,5-6,15H,4,7-13H2/t15-,20+/m0/s1. The summed E-state index contributed by atoms with van der Waals surface area (Å²) in [5.74, 6) is 0. The Morgan fingerprint density at radius 3 is 2.65 bits per heavy atom. The Labute approximate surface area is 122 Å². The van der Waals surface area contributed by atoms with Gasteiger partial charge < -0.3 is 9.41 Å². The Morgan fingerprint density at radius 2 is 1.85 bits per heavy atom. The number of rotatable bonds is 2. The third-order valence-corrected chi connectivity index (χ3v) is 7.19. The van der Waals surface area contributed by atoms with E-state index in [9.17, 15) is 0 Å². The van der Waals surface area contributed by atoms with Gasteiger partial charge in [-0.3, -0.25) is 0 Å². The number of fused-ring (bicyclic) bond motifs is 1. The summed E-state index contributed by atoms with van der Waals surface area (Å²) in [5, 5.41) is 0. The molecule has 2 atom stereocenters. The van der Waals surface area contributed by atoms with Gasteiger partial charge in [0.05, 0.1) is 13.2 Å². The van der Waals surface area contributed by atoms with Crippen molar-refractivity contribution in [2.75, 3.05) is 44.1 Å². The lowest BCUT2D eigenvalue weighted by molar-refractivity contribution is 0.0729. The fourth-order valence-electron chi connectivity index (χ4n) is 3.51. The van der Waals surface area contributed by atoms with E-state index in [4.69, 9.17) is 4.74 Å². The first kappa shape index (κ1) is 13.0. The maximum atomic E-state index is 5.54. The van der Waals surface area contributed by atoms with Gasteiger partial charge in [0, 0.05) is 37.9 Å². The summed E-state index contributed by atoms with van der Waals surface area (Å²) < 4.78 is 13.6. The van der Waals surface area contributed by atoms with Crippen LogP contribution >= 0.6 is 8.37 Å². The zero-order valence-corrected chi connectivity index (χ0v) is 12.7. The zero-order chi connectivity index (χ0) is 13.4. The highest BCUT2D eigenvalue weighted by Crippen LogP contribution is 2.58. The van der Waals surface area contributed by atoms with Gasteiger partial charge in [-0.25, -0.2) is 9.34 Å². The van der Waals surface area contributed by atoms with E-state index in [-0.39, 0.29) is 8.37 Å². The lowest BCUT2D eigenvalue weighted by Gasteiger charge is -2.40. The molecule has 0 aromatic heterocycles. The van der Waals surface area contributed by atoms with Crippen LogP contribution in [0.5, 0.6) is 0 Å². The molecule has 0 bridgehead atoms. The predicted octanol–water partition coefficient (Wildman–Crippen LogP) is 2.53. The molecule has 3 heterocycles. The molecular formula is C15H22N3OP. The smallest absolute Gasteiger partial charge is 0.149 e. The molecule has 3 saturated heterocycles. The molecule has 0 aliphatic carbocycles. The molecule has 20 heavy (non-hydrogen) atoms. The molecule has 0 saturated carbocycles. The highest BCUT2D eigenvalue weighted by molar-refractivity contribution is 7.54. The molecule has 3 fully saturated rings. The van der Waals surface area contributed by atoms with Crippen molar-refractivity contribution in [3.05, 3.63) is 30.3 Å². The minimum Gasteiger partial charge on any atom is -0.379 e. The van der Waals surface area contributed by atoms with Gasteiger partial charge in [-0.15, -0.1) is 0 Å². The van der Waals surface area contributed by atoms with E-state index in [0.29, 0.717) is 0 Å². The van der Waals surface area contributed by atoms with E-state index in [2.05, 4.69) is 44.3 Å². The summed E-state index contributed by atoms with van der Waals surface area (Å²) in [7, 11) is -0.323. The summed E-state index contributed by atoms with van der Waals surface area (Å²) in [6.45, 7) is 6.42. The normalized spacial score (nSPS) is 31.7. The van der Waals surface area contributed by atoms with Gasteiger partial charge in [0.15, 0.2) is 0 Å². The van der Waals surface area contributed by atoms with Gasteiger partial charge in [0.25, 0.3) is 0 Å². The molecule has 3 aliphatic heterocycles. The number of hydrogen-bond donors (Lipinski definition) is 0. The minimum atomic E-state index is -0.323. The SMILES string of the molecule is c1ccc(N2C[C@@H]3CCCN3[P@@]2N2CCOCC2)cc1. The lowest BCUT2D eigenvalue weighted by atomic mass is 10.2. The highest BCUT2D eigenvalue weighted by Gasteiger charge is 2.45. The van der Waals surface area contributed by atoms with Crippen molar-refractivity contribution >= 4 is 14.1 Å². The van der Waals surface area contributed by atoms with Crippen molar-refractivity contribution in [3.8, 4) is 0 Å². The van der Waals surface area contributed by atoms with E-state index in [1.807, 2.05) is 0 Å². The Balaban J connectivity index is 1.63. The molecule has 5 heteroatoms. The van der Waals surface area contributed by atoms with Crippen LogP contribution in [0, 0.1) is 0 Å². The number of morpholine rings is 1. The van der Waals surface area contributed by atoms with Crippen LogP contribution in [-0.2, 0) is 4.74 Å². The largest absolute Gasteiger partial charge is 0.379 e. The predicted molar refractivity (Wildman–Crippen MR) is 82.8 cm³/mol. The van der Waals surface area contributed by atoms with Crippen LogP contribution in [0.3, 0.4) is 0 Å². The molecule has 108 valence electrons. The molecule has 0 unspecified atom stereocenters. The highest BCUT2D eigenvalue weighted by atomic mass is 31.2. The Hall–Kier alpha value is -0.670. The molecule has 1 aromatic rings. The molecule has 0 radical (unpaired) electrons.